The monoisotopic (exact) mass is 323 g/mol. The molecule has 1 aromatic heterocycles. The van der Waals surface area contributed by atoms with Crippen molar-refractivity contribution in [3.05, 3.63) is 18.2 Å². The molecule has 21 heavy (non-hydrogen) atoms. The van der Waals surface area contributed by atoms with Crippen molar-refractivity contribution in [2.24, 2.45) is 0 Å². The summed E-state index contributed by atoms with van der Waals surface area (Å²) in [4.78, 5) is 7.14. The molecular weight excluding hydrogens is 302 g/mol. The number of nitrogens with one attached hydrogen (secondary N) is 1. The molecule has 4 nitrogen and oxygen atoms in total. The number of aromatic nitrogens is 1. The van der Waals surface area contributed by atoms with Crippen LogP contribution in [0.25, 0.3) is 10.2 Å². The van der Waals surface area contributed by atoms with Crippen LogP contribution in [-0.4, -0.2) is 54.2 Å². The molecule has 0 bridgehead atoms. The van der Waals surface area contributed by atoms with E-state index in [1.54, 1.807) is 11.3 Å². The number of thiazole rings is 1. The molecule has 0 amide bonds. The van der Waals surface area contributed by atoms with Crippen LogP contribution in [0.1, 0.15) is 6.92 Å². The molecule has 0 spiro atoms. The molecule has 2 aromatic rings. The molecule has 1 aliphatic heterocycles. The van der Waals surface area contributed by atoms with Crippen LogP contribution in [0.15, 0.2) is 18.2 Å². The van der Waals surface area contributed by atoms with Gasteiger partial charge in [-0.3, -0.25) is 4.90 Å². The topological polar surface area (TPSA) is 37.4 Å². The molecule has 0 unspecified atom stereocenters. The van der Waals surface area contributed by atoms with Gasteiger partial charge in [-0.15, -0.1) is 0 Å². The standard InChI is InChI=1S/C15H21N3OS2/c1-2-19-12-3-4-13-14(11-12)21-15(17-13)16-5-6-18-7-9-20-10-8-18/h3-4,11H,2,5-10H2,1H3,(H,16,17). The summed E-state index contributed by atoms with van der Waals surface area (Å²) in [6, 6.07) is 6.09. The molecule has 3 rings (SSSR count). The Bertz CT molecular complexity index is 581. The van der Waals surface area contributed by atoms with Gasteiger partial charge in [0.05, 0.1) is 16.8 Å². The molecule has 0 radical (unpaired) electrons. The van der Waals surface area contributed by atoms with Crippen molar-refractivity contribution in [1.29, 1.82) is 0 Å². The van der Waals surface area contributed by atoms with Crippen molar-refractivity contribution in [3.63, 3.8) is 0 Å². The van der Waals surface area contributed by atoms with E-state index in [0.29, 0.717) is 6.61 Å². The average Bonchev–Trinajstić information content (AvgIpc) is 2.91. The van der Waals surface area contributed by atoms with Crippen LogP contribution in [-0.2, 0) is 0 Å². The van der Waals surface area contributed by atoms with Gasteiger partial charge < -0.3 is 10.1 Å². The minimum absolute atomic E-state index is 0.698. The zero-order valence-corrected chi connectivity index (χ0v) is 13.9. The normalized spacial score (nSPS) is 16.2. The lowest BCUT2D eigenvalue weighted by Crippen LogP contribution is -2.36. The Labute approximate surface area is 133 Å². The van der Waals surface area contributed by atoms with Crippen LogP contribution < -0.4 is 10.1 Å². The highest BCUT2D eigenvalue weighted by atomic mass is 32.2. The van der Waals surface area contributed by atoms with Crippen LogP contribution >= 0.6 is 23.1 Å². The lowest BCUT2D eigenvalue weighted by atomic mass is 10.3. The third-order valence-corrected chi connectivity index (χ3v) is 5.40. The second kappa shape index (κ2) is 7.33. The maximum atomic E-state index is 5.53. The van der Waals surface area contributed by atoms with Crippen LogP contribution in [0.3, 0.4) is 0 Å². The van der Waals surface area contributed by atoms with Gasteiger partial charge in [-0.05, 0) is 25.1 Å². The van der Waals surface area contributed by atoms with E-state index in [2.05, 4.69) is 33.0 Å². The van der Waals surface area contributed by atoms with E-state index >= 15 is 0 Å². The molecule has 2 heterocycles. The predicted molar refractivity (Wildman–Crippen MR) is 93.0 cm³/mol. The van der Waals surface area contributed by atoms with E-state index in [-0.39, 0.29) is 0 Å². The maximum absolute atomic E-state index is 5.53. The Morgan fingerprint density at radius 3 is 3.00 bits per heavy atom. The molecule has 1 N–H and O–H groups in total. The Balaban J connectivity index is 1.56. The number of fused-ring (bicyclic) bond motifs is 1. The molecule has 1 fully saturated rings. The van der Waals surface area contributed by atoms with E-state index in [0.717, 1.165) is 29.5 Å². The van der Waals surface area contributed by atoms with Gasteiger partial charge in [0.15, 0.2) is 5.13 Å². The van der Waals surface area contributed by atoms with E-state index in [1.165, 1.54) is 29.3 Å². The van der Waals surface area contributed by atoms with Crippen molar-refractivity contribution in [3.8, 4) is 5.75 Å². The van der Waals surface area contributed by atoms with Crippen LogP contribution in [0.4, 0.5) is 5.13 Å². The first-order valence-corrected chi connectivity index (χ1v) is 9.39. The summed E-state index contributed by atoms with van der Waals surface area (Å²) >= 11 is 3.75. The third-order valence-electron chi connectivity index (χ3n) is 3.48. The summed E-state index contributed by atoms with van der Waals surface area (Å²) in [5, 5.41) is 4.46. The van der Waals surface area contributed by atoms with Crippen molar-refractivity contribution < 1.29 is 4.74 Å². The van der Waals surface area contributed by atoms with Crippen molar-refractivity contribution in [2.45, 2.75) is 6.92 Å². The van der Waals surface area contributed by atoms with Crippen molar-refractivity contribution in [2.75, 3.05) is 49.6 Å². The molecule has 0 aliphatic carbocycles. The minimum atomic E-state index is 0.698. The highest BCUT2D eigenvalue weighted by molar-refractivity contribution is 7.99. The van der Waals surface area contributed by atoms with Gasteiger partial charge in [-0.2, -0.15) is 11.8 Å². The van der Waals surface area contributed by atoms with Gasteiger partial charge in [0.2, 0.25) is 0 Å². The molecule has 6 heteroatoms. The van der Waals surface area contributed by atoms with Crippen LogP contribution in [0.5, 0.6) is 5.75 Å². The summed E-state index contributed by atoms with van der Waals surface area (Å²) in [5.41, 5.74) is 1.04. The molecule has 1 aromatic carbocycles. The lowest BCUT2D eigenvalue weighted by molar-refractivity contribution is 0.314. The van der Waals surface area contributed by atoms with Crippen LogP contribution in [0.2, 0.25) is 0 Å². The summed E-state index contributed by atoms with van der Waals surface area (Å²) in [7, 11) is 0. The van der Waals surface area contributed by atoms with E-state index in [4.69, 9.17) is 4.74 Å². The van der Waals surface area contributed by atoms with Gasteiger partial charge in [0, 0.05) is 37.7 Å². The largest absolute Gasteiger partial charge is 0.494 e. The summed E-state index contributed by atoms with van der Waals surface area (Å²) in [5.74, 6) is 3.45. The molecule has 0 saturated carbocycles. The third kappa shape index (κ3) is 4.02. The maximum Gasteiger partial charge on any atom is 0.183 e. The second-order valence-corrected chi connectivity index (χ2v) is 7.22. The average molecular weight is 323 g/mol. The van der Waals surface area contributed by atoms with Gasteiger partial charge >= 0.3 is 0 Å². The summed E-state index contributed by atoms with van der Waals surface area (Å²) < 4.78 is 6.71. The van der Waals surface area contributed by atoms with Gasteiger partial charge in [0.1, 0.15) is 5.75 Å². The Morgan fingerprint density at radius 1 is 1.33 bits per heavy atom. The highest BCUT2D eigenvalue weighted by Crippen LogP contribution is 2.29. The van der Waals surface area contributed by atoms with Crippen molar-refractivity contribution >= 4 is 38.4 Å². The lowest BCUT2D eigenvalue weighted by Gasteiger charge is -2.25. The first-order chi connectivity index (χ1) is 10.3. The Hall–Kier alpha value is -0.980. The molecule has 114 valence electrons. The van der Waals surface area contributed by atoms with Crippen LogP contribution in [0, 0.1) is 0 Å². The molecular formula is C15H21N3OS2. The number of nitrogens with zero attached hydrogens (tertiary/aromatic N) is 2. The SMILES string of the molecule is CCOc1ccc2nc(NCCN3CCSCC3)sc2c1. The van der Waals surface area contributed by atoms with E-state index < -0.39 is 0 Å². The fourth-order valence-corrected chi connectivity index (χ4v) is 4.28. The quantitative estimate of drug-likeness (QED) is 0.884. The summed E-state index contributed by atoms with van der Waals surface area (Å²) in [6.45, 7) is 7.18. The first kappa shape index (κ1) is 14.9. The zero-order valence-electron chi connectivity index (χ0n) is 12.3. The zero-order chi connectivity index (χ0) is 14.5. The minimum Gasteiger partial charge on any atom is -0.494 e. The predicted octanol–water partition coefficient (Wildman–Crippen LogP) is 3.16. The fraction of sp³-hybridized carbons (Fsp3) is 0.533. The second-order valence-electron chi connectivity index (χ2n) is 4.96. The van der Waals surface area contributed by atoms with Crippen molar-refractivity contribution in [1.82, 2.24) is 9.88 Å². The van der Waals surface area contributed by atoms with E-state index in [9.17, 15) is 0 Å². The van der Waals surface area contributed by atoms with Gasteiger partial charge in [-0.25, -0.2) is 4.98 Å². The number of ether oxygens (including phenoxy) is 1. The van der Waals surface area contributed by atoms with E-state index in [1.807, 2.05) is 19.1 Å². The number of thioether (sulfide) groups is 1. The number of hydrogen-bond donors (Lipinski definition) is 1. The number of benzene rings is 1. The first-order valence-electron chi connectivity index (χ1n) is 7.42. The number of hydrogen-bond acceptors (Lipinski definition) is 6. The Morgan fingerprint density at radius 2 is 2.19 bits per heavy atom. The van der Waals surface area contributed by atoms with Gasteiger partial charge in [-0.1, -0.05) is 11.3 Å². The van der Waals surface area contributed by atoms with Gasteiger partial charge in [0.25, 0.3) is 0 Å². The Kier molecular flexibility index (Phi) is 5.22. The highest BCUT2D eigenvalue weighted by Gasteiger charge is 2.10. The number of anilines is 1. The fourth-order valence-electron chi connectivity index (χ4n) is 2.38. The number of rotatable bonds is 6. The molecule has 0 atom stereocenters. The molecule has 1 aliphatic rings. The summed E-state index contributed by atoms with van der Waals surface area (Å²) in [6.07, 6.45) is 0. The smallest absolute Gasteiger partial charge is 0.183 e. The molecule has 1 saturated heterocycles.